The summed E-state index contributed by atoms with van der Waals surface area (Å²) in [5, 5.41) is 13.4. The Hall–Kier alpha value is -0.300. The van der Waals surface area contributed by atoms with Crippen molar-refractivity contribution in [3.05, 3.63) is 22.2 Å². The molecule has 0 aliphatic carbocycles. The third kappa shape index (κ3) is 9.87. The first kappa shape index (κ1) is 21.7. The van der Waals surface area contributed by atoms with Crippen molar-refractivity contribution in [2.75, 3.05) is 26.4 Å². The Morgan fingerprint density at radius 2 is 1.71 bits per heavy atom. The Bertz CT molecular complexity index is 513. The van der Waals surface area contributed by atoms with E-state index in [0.29, 0.717) is 19.0 Å². The van der Waals surface area contributed by atoms with Crippen molar-refractivity contribution in [2.45, 2.75) is 16.6 Å². The smallest absolute Gasteiger partial charge is 0.226 e. The van der Waals surface area contributed by atoms with Crippen LogP contribution in [-0.4, -0.2) is 41.5 Å². The highest BCUT2D eigenvalue weighted by molar-refractivity contribution is 6.67. The summed E-state index contributed by atoms with van der Waals surface area (Å²) in [6, 6.07) is 2.74. The van der Waals surface area contributed by atoms with Gasteiger partial charge in [-0.05, 0) is 12.8 Å². The molecule has 0 unspecified atom stereocenters. The largest absolute Gasteiger partial charge is 0.508 e. The lowest BCUT2D eigenvalue weighted by molar-refractivity contribution is 0.138. The van der Waals surface area contributed by atoms with Crippen molar-refractivity contribution in [1.82, 2.24) is 0 Å². The molecule has 0 saturated carbocycles. The summed E-state index contributed by atoms with van der Waals surface area (Å²) in [4.78, 5) is 4.75. The average Bonchev–Trinajstić information content (AvgIpc) is 2.45. The lowest BCUT2D eigenvalue weighted by atomic mass is 10.3. The lowest BCUT2D eigenvalue weighted by Gasteiger charge is -2.10. The molecule has 0 radical (unpaired) electrons. The number of oxime groups is 1. The van der Waals surface area contributed by atoms with Gasteiger partial charge >= 0.3 is 0 Å². The Morgan fingerprint density at radius 1 is 1.08 bits per heavy atom. The van der Waals surface area contributed by atoms with Crippen LogP contribution in [0.25, 0.3) is 0 Å². The molecule has 1 rings (SSSR count). The maximum atomic E-state index is 9.32. The molecule has 0 spiro atoms. The highest BCUT2D eigenvalue weighted by atomic mass is 35.6. The van der Waals surface area contributed by atoms with Crippen molar-refractivity contribution in [2.24, 2.45) is 5.16 Å². The first-order valence-corrected chi connectivity index (χ1v) is 8.77. The number of halogens is 5. The van der Waals surface area contributed by atoms with E-state index in [0.717, 1.165) is 12.8 Å². The van der Waals surface area contributed by atoms with Gasteiger partial charge in [0.15, 0.2) is 12.4 Å². The Labute approximate surface area is 165 Å². The van der Waals surface area contributed by atoms with Crippen LogP contribution in [0.1, 0.15) is 12.8 Å². The minimum atomic E-state index is -1.48. The fraction of sp³-hybridized carbons (Fsp3) is 0.500. The van der Waals surface area contributed by atoms with Crippen LogP contribution in [0.2, 0.25) is 10.0 Å². The molecule has 24 heavy (non-hydrogen) atoms. The number of ether oxygens (including phenoxy) is 2. The number of nitrogens with zero attached hydrogens (tertiary/aromatic N) is 1. The van der Waals surface area contributed by atoms with Crippen LogP contribution in [-0.2, 0) is 9.57 Å². The molecule has 10 heteroatoms. The van der Waals surface area contributed by atoms with Crippen molar-refractivity contribution >= 4 is 64.2 Å². The molecule has 0 amide bonds. The zero-order valence-electron chi connectivity index (χ0n) is 12.5. The minimum Gasteiger partial charge on any atom is -0.508 e. The van der Waals surface area contributed by atoms with E-state index < -0.39 is 3.79 Å². The Kier molecular flexibility index (Phi) is 10.3. The van der Waals surface area contributed by atoms with Gasteiger partial charge in [0.05, 0.1) is 29.5 Å². The summed E-state index contributed by atoms with van der Waals surface area (Å²) in [7, 11) is 0. The topological polar surface area (TPSA) is 60.3 Å². The third-order valence-electron chi connectivity index (χ3n) is 2.48. The van der Waals surface area contributed by atoms with Gasteiger partial charge in [0.2, 0.25) is 3.79 Å². The molecule has 0 aliphatic heterocycles. The number of hydrogen-bond acceptors (Lipinski definition) is 5. The number of benzene rings is 1. The molecule has 0 saturated heterocycles. The highest BCUT2D eigenvalue weighted by Gasteiger charge is 2.20. The summed E-state index contributed by atoms with van der Waals surface area (Å²) in [6.45, 7) is 1.11. The van der Waals surface area contributed by atoms with Crippen molar-refractivity contribution in [3.8, 4) is 11.5 Å². The zero-order valence-corrected chi connectivity index (χ0v) is 16.3. The molecule has 1 aromatic carbocycles. The highest BCUT2D eigenvalue weighted by Crippen LogP contribution is 2.36. The van der Waals surface area contributed by atoms with Gasteiger partial charge in [-0.25, -0.2) is 0 Å². The molecule has 0 aliphatic rings. The van der Waals surface area contributed by atoms with Crippen LogP contribution < -0.4 is 4.74 Å². The number of hydrogen-bond donors (Lipinski definition) is 1. The second-order valence-corrected chi connectivity index (χ2v) is 7.88. The molecular formula is C14H16Cl5NO4. The second-order valence-electron chi connectivity index (χ2n) is 4.55. The standard InChI is InChI=1S/C14H16Cl5NO4/c15-11-7-10(21)8-12(16)13(11)23-5-2-1-4-22-6-3-20-24-9-14(17,18)19/h3,7-8,21H,1-2,4-6,9H2/b20-3+. The molecule has 5 nitrogen and oxygen atoms in total. The molecule has 136 valence electrons. The van der Waals surface area contributed by atoms with E-state index >= 15 is 0 Å². The summed E-state index contributed by atoms with van der Waals surface area (Å²) in [5.41, 5.74) is 0. The molecule has 0 bridgehead atoms. The van der Waals surface area contributed by atoms with Gasteiger partial charge < -0.3 is 19.4 Å². The normalized spacial score (nSPS) is 11.9. The molecule has 1 N–H and O–H groups in total. The van der Waals surface area contributed by atoms with Crippen LogP contribution in [0.4, 0.5) is 0 Å². The van der Waals surface area contributed by atoms with Crippen LogP contribution in [0.3, 0.4) is 0 Å². The Balaban J connectivity index is 2.06. The molecule has 0 atom stereocenters. The minimum absolute atomic E-state index is 0.00905. The number of unbranched alkanes of at least 4 members (excludes halogenated alkanes) is 1. The second kappa shape index (κ2) is 11.3. The molecule has 0 fully saturated rings. The summed E-state index contributed by atoms with van der Waals surface area (Å²) < 4.78 is 9.33. The lowest BCUT2D eigenvalue weighted by Crippen LogP contribution is -2.10. The first-order valence-electron chi connectivity index (χ1n) is 6.88. The third-order valence-corrected chi connectivity index (χ3v) is 3.37. The SMILES string of the molecule is Oc1cc(Cl)c(OCCCCOC/C=N/OCC(Cl)(Cl)Cl)c(Cl)c1. The Morgan fingerprint density at radius 3 is 2.33 bits per heavy atom. The summed E-state index contributed by atoms with van der Waals surface area (Å²) in [6.07, 6.45) is 2.95. The number of aromatic hydroxyl groups is 1. The molecule has 1 aromatic rings. The fourth-order valence-corrected chi connectivity index (χ4v) is 2.23. The molecule has 0 aromatic heterocycles. The quantitative estimate of drug-likeness (QED) is 0.234. The van der Waals surface area contributed by atoms with Crippen molar-refractivity contribution < 1.29 is 19.4 Å². The summed E-state index contributed by atoms with van der Waals surface area (Å²) in [5.74, 6) is 0.348. The molecular weight excluding hydrogens is 423 g/mol. The maximum absolute atomic E-state index is 9.32. The van der Waals surface area contributed by atoms with Crippen molar-refractivity contribution in [1.29, 1.82) is 0 Å². The number of alkyl halides is 3. The van der Waals surface area contributed by atoms with E-state index in [1.165, 1.54) is 18.3 Å². The van der Waals surface area contributed by atoms with Crippen LogP contribution >= 0.6 is 58.0 Å². The van der Waals surface area contributed by atoms with Crippen molar-refractivity contribution in [3.63, 3.8) is 0 Å². The van der Waals surface area contributed by atoms with E-state index in [4.69, 9.17) is 72.3 Å². The zero-order chi connectivity index (χ0) is 18.0. The summed E-state index contributed by atoms with van der Waals surface area (Å²) >= 11 is 28.3. The van der Waals surface area contributed by atoms with Crippen LogP contribution in [0.15, 0.2) is 17.3 Å². The fourth-order valence-electron chi connectivity index (χ4n) is 1.49. The monoisotopic (exact) mass is 437 g/mol. The average molecular weight is 440 g/mol. The van der Waals surface area contributed by atoms with E-state index in [9.17, 15) is 5.11 Å². The first-order chi connectivity index (χ1) is 11.3. The van der Waals surface area contributed by atoms with E-state index in [1.807, 2.05) is 0 Å². The van der Waals surface area contributed by atoms with Gasteiger partial charge in [0.1, 0.15) is 5.75 Å². The van der Waals surface area contributed by atoms with Gasteiger partial charge in [0, 0.05) is 18.7 Å². The number of phenolic OH excluding ortho intramolecular Hbond substituents is 1. The van der Waals surface area contributed by atoms with E-state index in [1.54, 1.807) is 0 Å². The molecule has 0 heterocycles. The number of phenols is 1. The van der Waals surface area contributed by atoms with Crippen LogP contribution in [0.5, 0.6) is 11.5 Å². The van der Waals surface area contributed by atoms with Gasteiger partial charge in [0.25, 0.3) is 0 Å². The van der Waals surface area contributed by atoms with E-state index in [-0.39, 0.29) is 29.0 Å². The van der Waals surface area contributed by atoms with Gasteiger partial charge in [-0.1, -0.05) is 63.2 Å². The predicted octanol–water partition coefficient (Wildman–Crippen LogP) is 5.25. The van der Waals surface area contributed by atoms with E-state index in [2.05, 4.69) is 5.16 Å². The predicted molar refractivity (Wildman–Crippen MR) is 98.4 cm³/mol. The van der Waals surface area contributed by atoms with Gasteiger partial charge in [-0.15, -0.1) is 0 Å². The van der Waals surface area contributed by atoms with Gasteiger partial charge in [-0.3, -0.25) is 0 Å². The van der Waals surface area contributed by atoms with Crippen LogP contribution in [0, 0.1) is 0 Å². The maximum Gasteiger partial charge on any atom is 0.226 e. The number of rotatable bonds is 10. The van der Waals surface area contributed by atoms with Gasteiger partial charge in [-0.2, -0.15) is 0 Å².